The molecule has 22 heteroatoms. The molecule has 2 unspecified atom stereocenters. The number of hydrogen-bond acceptors (Lipinski definition) is 14. The van der Waals surface area contributed by atoms with Crippen LogP contribution in [0.4, 0.5) is 0 Å². The number of nitrogens with one attached hydrogen (secondary N) is 1. The van der Waals surface area contributed by atoms with Crippen LogP contribution < -0.4 is 11.1 Å². The Morgan fingerprint density at radius 3 is 2.41 bits per heavy atom. The van der Waals surface area contributed by atoms with Crippen molar-refractivity contribution >= 4 is 41.7 Å². The van der Waals surface area contributed by atoms with Crippen molar-refractivity contribution in [1.82, 2.24) is 10.2 Å². The standard InChI is InChI=1S/C10H18N5O14P3/c11-10-13-7-4(8(18)14-10)12-2-15(7)9-6(17)5(16)3(27-9)1-26-31(22,23)29-32(24,25)28-30(19,20)21/h2-7,9,16-17H,1H2,(H,22,23)(H,24,25)(H2,19,20,21)(H3,11,13,14,18)/t3-,4+,5-,6-,7+,9+/m1/s1. The monoisotopic (exact) mass is 525 g/mol. The maximum Gasteiger partial charge on any atom is 0.490 e. The van der Waals surface area contributed by atoms with Gasteiger partial charge in [-0.15, -0.1) is 0 Å². The number of fused-ring (bicyclic) bond motifs is 1. The van der Waals surface area contributed by atoms with Crippen LogP contribution in [0.5, 0.6) is 0 Å². The van der Waals surface area contributed by atoms with Gasteiger partial charge in [-0.1, -0.05) is 0 Å². The molecule has 0 saturated carbocycles. The zero-order valence-electron chi connectivity index (χ0n) is 15.5. The average Bonchev–Trinajstić information content (AvgIpc) is 3.12. The number of phosphoric acid groups is 3. The number of nitrogens with two attached hydrogens (primary N) is 1. The van der Waals surface area contributed by atoms with Crippen molar-refractivity contribution in [3.05, 3.63) is 0 Å². The van der Waals surface area contributed by atoms with Gasteiger partial charge in [0.2, 0.25) is 0 Å². The predicted octanol–water partition coefficient (Wildman–Crippen LogP) is -3.74. The number of hydrogen-bond donors (Lipinski definition) is 8. The fraction of sp³-hybridized carbons (Fsp3) is 0.700. The van der Waals surface area contributed by atoms with Crippen molar-refractivity contribution in [2.75, 3.05) is 6.61 Å². The molecule has 1 amide bonds. The lowest BCUT2D eigenvalue weighted by molar-refractivity contribution is -0.124. The van der Waals surface area contributed by atoms with Gasteiger partial charge in [0, 0.05) is 0 Å². The second-order valence-electron chi connectivity index (χ2n) is 6.51. The number of nitrogens with zero attached hydrogens (tertiary/aromatic N) is 3. The quantitative estimate of drug-likeness (QED) is 0.141. The van der Waals surface area contributed by atoms with Crippen LogP contribution in [0.25, 0.3) is 0 Å². The van der Waals surface area contributed by atoms with Gasteiger partial charge in [-0.2, -0.15) is 8.62 Å². The number of ether oxygens (including phenoxy) is 1. The van der Waals surface area contributed by atoms with Crippen LogP contribution in [0.1, 0.15) is 0 Å². The molecule has 19 nitrogen and oxygen atoms in total. The first-order valence-electron chi connectivity index (χ1n) is 8.33. The summed E-state index contributed by atoms with van der Waals surface area (Å²) in [6.07, 6.45) is -6.13. The van der Waals surface area contributed by atoms with Gasteiger partial charge in [0.1, 0.15) is 18.3 Å². The highest BCUT2D eigenvalue weighted by atomic mass is 31.3. The summed E-state index contributed by atoms with van der Waals surface area (Å²) >= 11 is 0. The van der Waals surface area contributed by atoms with Gasteiger partial charge < -0.3 is 45.2 Å². The molecule has 0 aliphatic carbocycles. The molecule has 32 heavy (non-hydrogen) atoms. The molecule has 0 aromatic rings. The van der Waals surface area contributed by atoms with Crippen LogP contribution in [-0.2, 0) is 36.4 Å². The van der Waals surface area contributed by atoms with E-state index in [4.69, 9.17) is 25.2 Å². The van der Waals surface area contributed by atoms with E-state index in [1.54, 1.807) is 0 Å². The lowest BCUT2D eigenvalue weighted by atomic mass is 10.1. The zero-order valence-corrected chi connectivity index (χ0v) is 18.1. The Morgan fingerprint density at radius 1 is 1.12 bits per heavy atom. The third-order valence-electron chi connectivity index (χ3n) is 4.19. The lowest BCUT2D eigenvalue weighted by Gasteiger charge is -2.32. The van der Waals surface area contributed by atoms with Crippen LogP contribution >= 0.6 is 23.5 Å². The van der Waals surface area contributed by atoms with Crippen molar-refractivity contribution in [2.45, 2.75) is 36.7 Å². The molecule has 0 bridgehead atoms. The SMILES string of the molecule is NC1=N[C@@H]2[C@H](N=CN2[C@H]2O[C@H](COP(=O)(O)OP(=O)(O)OP(=O)(O)O)[C@@H](O)[C@H]2O)C(=O)N1. The number of amides is 1. The summed E-state index contributed by atoms with van der Waals surface area (Å²) in [6.45, 7) is -0.997. The number of aliphatic imine (C=N–C) groups is 2. The maximum atomic E-state index is 11.9. The second-order valence-corrected chi connectivity index (χ2v) is 10.9. The van der Waals surface area contributed by atoms with Crippen molar-refractivity contribution in [1.29, 1.82) is 0 Å². The third-order valence-corrected chi connectivity index (χ3v) is 7.99. The summed E-state index contributed by atoms with van der Waals surface area (Å²) in [4.78, 5) is 56.6. The number of aliphatic hydroxyl groups excluding tert-OH is 2. The minimum Gasteiger partial charge on any atom is -0.387 e. The number of carbonyl (C=O) groups is 1. The molecule has 3 aliphatic rings. The first-order chi connectivity index (χ1) is 14.6. The van der Waals surface area contributed by atoms with Gasteiger partial charge >= 0.3 is 23.5 Å². The molecule has 182 valence electrons. The van der Waals surface area contributed by atoms with Crippen molar-refractivity contribution in [3.8, 4) is 0 Å². The third kappa shape index (κ3) is 5.78. The topological polar surface area (TPSA) is 293 Å². The first-order valence-corrected chi connectivity index (χ1v) is 12.9. The Kier molecular flexibility index (Phi) is 6.97. The Hall–Kier alpha value is -1.30. The number of carbonyl (C=O) groups excluding carboxylic acids is 1. The molecule has 0 spiro atoms. The average molecular weight is 525 g/mol. The fourth-order valence-electron chi connectivity index (χ4n) is 2.97. The predicted molar refractivity (Wildman–Crippen MR) is 98.2 cm³/mol. The number of aliphatic hydroxyl groups is 2. The molecule has 3 heterocycles. The van der Waals surface area contributed by atoms with Crippen LogP contribution in [0.3, 0.4) is 0 Å². The first kappa shape index (κ1) is 25.3. The summed E-state index contributed by atoms with van der Waals surface area (Å²) in [5.41, 5.74) is 5.50. The van der Waals surface area contributed by atoms with E-state index in [-0.39, 0.29) is 5.96 Å². The van der Waals surface area contributed by atoms with E-state index >= 15 is 0 Å². The van der Waals surface area contributed by atoms with Gasteiger partial charge in [-0.25, -0.2) is 18.7 Å². The lowest BCUT2D eigenvalue weighted by Crippen LogP contribution is -2.56. The molecule has 9 N–H and O–H groups in total. The van der Waals surface area contributed by atoms with Gasteiger partial charge in [-0.3, -0.25) is 19.6 Å². The van der Waals surface area contributed by atoms with Crippen LogP contribution in [0.2, 0.25) is 0 Å². The summed E-state index contributed by atoms with van der Waals surface area (Å²) in [6, 6.07) is -1.01. The van der Waals surface area contributed by atoms with Gasteiger partial charge in [0.25, 0.3) is 5.91 Å². The normalized spacial score (nSPS) is 36.2. The Balaban J connectivity index is 1.63. The highest BCUT2D eigenvalue weighted by Gasteiger charge is 2.52. The molecule has 1 saturated heterocycles. The van der Waals surface area contributed by atoms with Crippen LogP contribution in [0.15, 0.2) is 9.98 Å². The highest BCUT2D eigenvalue weighted by molar-refractivity contribution is 7.66. The van der Waals surface area contributed by atoms with E-state index in [9.17, 15) is 33.6 Å². The van der Waals surface area contributed by atoms with Gasteiger partial charge in [0.15, 0.2) is 24.4 Å². The number of guanidine groups is 1. The Morgan fingerprint density at radius 2 is 1.78 bits per heavy atom. The molecule has 8 atom stereocenters. The van der Waals surface area contributed by atoms with E-state index < -0.39 is 72.7 Å². The number of rotatable bonds is 8. The number of phosphoric ester groups is 1. The molecule has 0 aromatic carbocycles. The van der Waals surface area contributed by atoms with E-state index in [0.29, 0.717) is 0 Å². The largest absolute Gasteiger partial charge is 0.490 e. The second kappa shape index (κ2) is 8.81. The molecular formula is C10H18N5O14P3. The smallest absolute Gasteiger partial charge is 0.387 e. The van der Waals surface area contributed by atoms with E-state index in [2.05, 4.69) is 28.4 Å². The molecule has 0 radical (unpaired) electrons. The van der Waals surface area contributed by atoms with Crippen molar-refractivity contribution < 1.29 is 66.2 Å². The minimum atomic E-state index is -5.73. The van der Waals surface area contributed by atoms with Crippen LogP contribution in [-0.4, -0.2) is 96.2 Å². The summed E-state index contributed by atoms with van der Waals surface area (Å²) in [5.74, 6) is -0.789. The van der Waals surface area contributed by atoms with E-state index in [0.717, 1.165) is 6.34 Å². The zero-order chi connectivity index (χ0) is 24.1. The summed E-state index contributed by atoms with van der Waals surface area (Å²) < 4.78 is 50.6. The minimum absolute atomic E-state index is 0.219. The Bertz CT molecular complexity index is 969. The van der Waals surface area contributed by atoms with E-state index in [1.165, 1.54) is 4.90 Å². The molecular weight excluding hydrogens is 507 g/mol. The molecule has 1 fully saturated rings. The van der Waals surface area contributed by atoms with Crippen LogP contribution in [0, 0.1) is 0 Å². The van der Waals surface area contributed by atoms with E-state index in [1.807, 2.05) is 0 Å². The molecule has 0 aromatic heterocycles. The maximum absolute atomic E-state index is 11.9. The van der Waals surface area contributed by atoms with Gasteiger partial charge in [0.05, 0.1) is 12.9 Å². The van der Waals surface area contributed by atoms with Gasteiger partial charge in [-0.05, 0) is 0 Å². The Labute approximate surface area is 177 Å². The summed E-state index contributed by atoms with van der Waals surface area (Å²) in [5, 5.41) is 22.7. The highest BCUT2D eigenvalue weighted by Crippen LogP contribution is 2.66. The molecule has 3 aliphatic heterocycles. The molecule has 3 rings (SSSR count). The van der Waals surface area contributed by atoms with Crippen molar-refractivity contribution in [3.63, 3.8) is 0 Å². The van der Waals surface area contributed by atoms with Crippen molar-refractivity contribution in [2.24, 2.45) is 15.7 Å². The summed E-state index contributed by atoms with van der Waals surface area (Å²) in [7, 11) is -16.8. The fourth-order valence-corrected chi connectivity index (χ4v) is 6.00.